The quantitative estimate of drug-likeness (QED) is 0.469. The van der Waals surface area contributed by atoms with Gasteiger partial charge in [0.2, 0.25) is 11.9 Å². The number of fused-ring (bicyclic) bond motifs is 1. The van der Waals surface area contributed by atoms with Crippen molar-refractivity contribution in [3.63, 3.8) is 0 Å². The van der Waals surface area contributed by atoms with Crippen molar-refractivity contribution in [2.75, 3.05) is 55.7 Å². The van der Waals surface area contributed by atoms with Gasteiger partial charge < -0.3 is 24.6 Å². The molecule has 1 N–H and O–H groups in total. The molecule has 0 spiro atoms. The SMILES string of the molecule is CC#CCn1c(N2CCNCC2OC(=O)C(F)(F)F)nc2nc(N3CCOCC3)n(C)c(=O)c21. The van der Waals surface area contributed by atoms with E-state index in [2.05, 4.69) is 27.1 Å². The minimum absolute atomic E-state index is 0.0467. The van der Waals surface area contributed by atoms with Gasteiger partial charge in [0, 0.05) is 33.2 Å². The Morgan fingerprint density at radius 1 is 1.24 bits per heavy atom. The number of imidazole rings is 1. The number of halogens is 3. The Morgan fingerprint density at radius 3 is 2.62 bits per heavy atom. The number of morpholine rings is 1. The van der Waals surface area contributed by atoms with Crippen molar-refractivity contribution in [1.82, 2.24) is 24.4 Å². The predicted molar refractivity (Wildman–Crippen MR) is 115 cm³/mol. The molecule has 0 amide bonds. The molecule has 0 radical (unpaired) electrons. The van der Waals surface area contributed by atoms with Crippen LogP contribution in [0.1, 0.15) is 6.92 Å². The topological polar surface area (TPSA) is 107 Å². The number of hydrogen-bond donors (Lipinski definition) is 1. The number of carbonyl (C=O) groups excluding carboxylic acids is 1. The lowest BCUT2D eigenvalue weighted by atomic mass is 10.3. The van der Waals surface area contributed by atoms with E-state index in [1.54, 1.807) is 14.0 Å². The molecule has 4 heterocycles. The van der Waals surface area contributed by atoms with Crippen LogP contribution in [0.5, 0.6) is 0 Å². The van der Waals surface area contributed by atoms with Gasteiger partial charge in [-0.1, -0.05) is 5.92 Å². The summed E-state index contributed by atoms with van der Waals surface area (Å²) in [5.41, 5.74) is -0.0734. The number of rotatable bonds is 4. The summed E-state index contributed by atoms with van der Waals surface area (Å²) >= 11 is 0. The van der Waals surface area contributed by atoms with E-state index in [0.717, 1.165) is 0 Å². The zero-order chi connectivity index (χ0) is 24.5. The molecule has 1 atom stereocenters. The van der Waals surface area contributed by atoms with Gasteiger partial charge in [-0.2, -0.15) is 23.1 Å². The summed E-state index contributed by atoms with van der Waals surface area (Å²) in [5.74, 6) is 3.88. The first-order valence-electron chi connectivity index (χ1n) is 10.7. The van der Waals surface area contributed by atoms with Gasteiger partial charge in [0.25, 0.3) is 5.56 Å². The summed E-state index contributed by atoms with van der Waals surface area (Å²) in [7, 11) is 1.60. The number of esters is 1. The Labute approximate surface area is 192 Å². The Kier molecular flexibility index (Phi) is 6.67. The molecule has 2 aromatic heterocycles. The van der Waals surface area contributed by atoms with E-state index in [1.807, 2.05) is 4.90 Å². The Morgan fingerprint density at radius 2 is 1.94 bits per heavy atom. The van der Waals surface area contributed by atoms with Crippen LogP contribution in [-0.4, -0.2) is 83.4 Å². The minimum atomic E-state index is -5.14. The maximum Gasteiger partial charge on any atom is 0.491 e. The molecule has 2 aliphatic rings. The lowest BCUT2D eigenvalue weighted by molar-refractivity contribution is -0.205. The van der Waals surface area contributed by atoms with Crippen LogP contribution in [0.15, 0.2) is 4.79 Å². The Balaban J connectivity index is 1.81. The molecule has 0 saturated carbocycles. The molecule has 14 heteroatoms. The van der Waals surface area contributed by atoms with Crippen LogP contribution in [0.3, 0.4) is 0 Å². The fourth-order valence-corrected chi connectivity index (χ4v) is 3.91. The van der Waals surface area contributed by atoms with Crippen molar-refractivity contribution in [1.29, 1.82) is 0 Å². The highest BCUT2D eigenvalue weighted by molar-refractivity contribution is 5.77. The first-order chi connectivity index (χ1) is 16.2. The third-order valence-electron chi connectivity index (χ3n) is 5.58. The van der Waals surface area contributed by atoms with E-state index < -0.39 is 18.4 Å². The van der Waals surface area contributed by atoms with Crippen molar-refractivity contribution in [2.45, 2.75) is 25.9 Å². The fourth-order valence-electron chi connectivity index (χ4n) is 3.91. The smallest absolute Gasteiger partial charge is 0.433 e. The number of alkyl halides is 3. The Hall–Kier alpha value is -3.31. The van der Waals surface area contributed by atoms with Gasteiger partial charge in [0.15, 0.2) is 17.4 Å². The van der Waals surface area contributed by atoms with E-state index >= 15 is 0 Å². The molecule has 34 heavy (non-hydrogen) atoms. The third-order valence-corrected chi connectivity index (χ3v) is 5.58. The standard InChI is InChI=1S/C20H24F3N7O4/c1-3-4-6-30-14-15(25-18(27(2)16(14)31)28-8-10-33-11-9-28)26-19(30)29-7-5-24-12-13(29)34-17(32)20(21,22)23/h13,24H,5-12H2,1-2H3. The van der Waals surface area contributed by atoms with Crippen LogP contribution >= 0.6 is 0 Å². The number of nitrogens with zero attached hydrogens (tertiary/aromatic N) is 6. The molecule has 0 aromatic carbocycles. The maximum atomic E-state index is 13.4. The average molecular weight is 483 g/mol. The molecule has 2 aromatic rings. The summed E-state index contributed by atoms with van der Waals surface area (Å²) in [6.45, 7) is 4.32. The Bertz CT molecular complexity index is 1190. The van der Waals surface area contributed by atoms with Crippen LogP contribution in [0.25, 0.3) is 11.2 Å². The van der Waals surface area contributed by atoms with Crippen LogP contribution < -0.4 is 20.7 Å². The number of nitrogens with one attached hydrogen (secondary N) is 1. The molecular formula is C20H24F3N7O4. The first kappa shape index (κ1) is 23.8. The molecule has 0 aliphatic carbocycles. The highest BCUT2D eigenvalue weighted by Gasteiger charge is 2.44. The highest BCUT2D eigenvalue weighted by Crippen LogP contribution is 2.26. The van der Waals surface area contributed by atoms with E-state index in [0.29, 0.717) is 38.8 Å². The van der Waals surface area contributed by atoms with Crippen molar-refractivity contribution < 1.29 is 27.4 Å². The highest BCUT2D eigenvalue weighted by atomic mass is 19.4. The summed E-state index contributed by atoms with van der Waals surface area (Å²) in [5, 5.41) is 2.91. The molecule has 184 valence electrons. The summed E-state index contributed by atoms with van der Waals surface area (Å²) in [6.07, 6.45) is -6.42. The average Bonchev–Trinajstić information content (AvgIpc) is 3.18. The summed E-state index contributed by atoms with van der Waals surface area (Å²) < 4.78 is 51.6. The normalized spacial score (nSPS) is 19.1. The van der Waals surface area contributed by atoms with Crippen molar-refractivity contribution in [3.05, 3.63) is 10.4 Å². The number of carbonyl (C=O) groups is 1. The molecule has 4 rings (SSSR count). The van der Waals surface area contributed by atoms with E-state index in [1.165, 1.54) is 14.0 Å². The largest absolute Gasteiger partial charge is 0.491 e. The number of aromatic nitrogens is 4. The molecule has 2 saturated heterocycles. The third kappa shape index (κ3) is 4.53. The van der Waals surface area contributed by atoms with Crippen molar-refractivity contribution in [3.8, 4) is 11.8 Å². The van der Waals surface area contributed by atoms with Gasteiger partial charge in [0.1, 0.15) is 0 Å². The van der Waals surface area contributed by atoms with E-state index in [4.69, 9.17) is 9.47 Å². The second kappa shape index (κ2) is 9.51. The van der Waals surface area contributed by atoms with Gasteiger partial charge >= 0.3 is 12.1 Å². The molecular weight excluding hydrogens is 459 g/mol. The second-order valence-electron chi connectivity index (χ2n) is 7.73. The van der Waals surface area contributed by atoms with E-state index in [-0.39, 0.29) is 42.3 Å². The molecule has 2 aliphatic heterocycles. The maximum absolute atomic E-state index is 13.4. The van der Waals surface area contributed by atoms with Crippen LogP contribution in [0, 0.1) is 11.8 Å². The van der Waals surface area contributed by atoms with Crippen LogP contribution in [0.4, 0.5) is 25.1 Å². The monoisotopic (exact) mass is 483 g/mol. The summed E-state index contributed by atoms with van der Waals surface area (Å²) in [6, 6.07) is 0. The first-order valence-corrected chi connectivity index (χ1v) is 10.7. The van der Waals surface area contributed by atoms with Crippen molar-refractivity contribution in [2.24, 2.45) is 7.05 Å². The molecule has 0 bridgehead atoms. The van der Waals surface area contributed by atoms with E-state index in [9.17, 15) is 22.8 Å². The van der Waals surface area contributed by atoms with Gasteiger partial charge in [-0.25, -0.2) is 4.79 Å². The predicted octanol–water partition coefficient (Wildman–Crippen LogP) is -0.169. The zero-order valence-corrected chi connectivity index (χ0v) is 18.7. The van der Waals surface area contributed by atoms with Gasteiger partial charge in [-0.15, -0.1) is 5.92 Å². The molecule has 2 fully saturated rings. The minimum Gasteiger partial charge on any atom is -0.433 e. The van der Waals surface area contributed by atoms with Gasteiger partial charge in [-0.05, 0) is 6.92 Å². The molecule has 11 nitrogen and oxygen atoms in total. The lowest BCUT2D eigenvalue weighted by Gasteiger charge is -2.36. The number of piperazine rings is 1. The molecule has 1 unspecified atom stereocenters. The summed E-state index contributed by atoms with van der Waals surface area (Å²) in [4.78, 5) is 37.3. The zero-order valence-electron chi connectivity index (χ0n) is 18.7. The lowest BCUT2D eigenvalue weighted by Crippen LogP contribution is -2.55. The number of anilines is 2. The fraction of sp³-hybridized carbons (Fsp3) is 0.600. The van der Waals surface area contributed by atoms with Gasteiger partial charge in [-0.3, -0.25) is 13.9 Å². The van der Waals surface area contributed by atoms with Gasteiger partial charge in [0.05, 0.1) is 26.3 Å². The number of hydrogen-bond acceptors (Lipinski definition) is 9. The second-order valence-corrected chi connectivity index (χ2v) is 7.73. The van der Waals surface area contributed by atoms with Crippen LogP contribution in [0.2, 0.25) is 0 Å². The van der Waals surface area contributed by atoms with Crippen LogP contribution in [-0.2, 0) is 27.9 Å². The van der Waals surface area contributed by atoms with Crippen molar-refractivity contribution >= 4 is 29.0 Å². The number of ether oxygens (including phenoxy) is 2.